The molecule has 1 rings (SSSR count). The van der Waals surface area contributed by atoms with Crippen LogP contribution >= 0.6 is 0 Å². The van der Waals surface area contributed by atoms with E-state index in [1.807, 2.05) is 27.7 Å². The lowest BCUT2D eigenvalue weighted by Crippen LogP contribution is -2.35. The van der Waals surface area contributed by atoms with Crippen molar-refractivity contribution in [3.05, 3.63) is 11.8 Å². The first-order chi connectivity index (χ1) is 7.84. The van der Waals surface area contributed by atoms with E-state index in [-0.39, 0.29) is 11.3 Å². The average molecular weight is 239 g/mol. The normalized spacial score (nSPS) is 13.5. The van der Waals surface area contributed by atoms with Crippen molar-refractivity contribution in [2.45, 2.75) is 52.0 Å². The number of amides is 1. The molecule has 0 aromatic carbocycles. The molecule has 0 bridgehead atoms. The quantitative estimate of drug-likeness (QED) is 0.842. The maximum absolute atomic E-state index is 11.6. The molecule has 0 radical (unpaired) electrons. The molecule has 5 nitrogen and oxygen atoms in total. The number of carbonyl (C=O) groups is 1. The lowest BCUT2D eigenvalue weighted by molar-refractivity contribution is -0.117. The summed E-state index contributed by atoms with van der Waals surface area (Å²) in [5.41, 5.74) is 5.57. The van der Waals surface area contributed by atoms with Gasteiger partial charge in [0, 0.05) is 11.5 Å². The molecule has 0 saturated carbocycles. The summed E-state index contributed by atoms with van der Waals surface area (Å²) in [6.07, 6.45) is 1.54. The van der Waals surface area contributed by atoms with Crippen LogP contribution in [-0.2, 0) is 10.2 Å². The first-order valence-electron chi connectivity index (χ1n) is 5.88. The van der Waals surface area contributed by atoms with Crippen molar-refractivity contribution in [2.24, 2.45) is 5.73 Å². The number of nitrogens with zero attached hydrogens (tertiary/aromatic N) is 1. The number of nitrogens with one attached hydrogen (secondary N) is 1. The zero-order valence-electron chi connectivity index (χ0n) is 10.9. The van der Waals surface area contributed by atoms with Gasteiger partial charge in [-0.25, -0.2) is 0 Å². The second-order valence-electron chi connectivity index (χ2n) is 5.21. The van der Waals surface area contributed by atoms with Crippen LogP contribution in [-0.4, -0.2) is 17.1 Å². The van der Waals surface area contributed by atoms with Crippen molar-refractivity contribution in [3.63, 3.8) is 0 Å². The molecule has 0 fully saturated rings. The molecule has 1 aromatic heterocycles. The Kier molecular flexibility index (Phi) is 4.28. The van der Waals surface area contributed by atoms with E-state index < -0.39 is 6.04 Å². The van der Waals surface area contributed by atoms with Gasteiger partial charge in [-0.05, 0) is 6.42 Å². The highest BCUT2D eigenvalue weighted by Gasteiger charge is 2.21. The number of hydrogen-bond acceptors (Lipinski definition) is 4. The van der Waals surface area contributed by atoms with Gasteiger partial charge in [-0.2, -0.15) is 0 Å². The van der Waals surface area contributed by atoms with Gasteiger partial charge in [-0.1, -0.05) is 39.3 Å². The van der Waals surface area contributed by atoms with E-state index >= 15 is 0 Å². The minimum Gasteiger partial charge on any atom is -0.359 e. The van der Waals surface area contributed by atoms with E-state index in [0.29, 0.717) is 12.2 Å². The van der Waals surface area contributed by atoms with Crippen LogP contribution in [0.4, 0.5) is 5.82 Å². The zero-order chi connectivity index (χ0) is 13.1. The van der Waals surface area contributed by atoms with Crippen molar-refractivity contribution in [3.8, 4) is 0 Å². The van der Waals surface area contributed by atoms with Crippen LogP contribution in [0, 0.1) is 0 Å². The number of hydrogen-bond donors (Lipinski definition) is 2. The SMILES string of the molecule is CCCC(N)C(=O)Nc1cc(C(C)(C)C)on1. The summed E-state index contributed by atoms with van der Waals surface area (Å²) in [5.74, 6) is 0.934. The molecule has 0 spiro atoms. The van der Waals surface area contributed by atoms with Crippen molar-refractivity contribution in [1.29, 1.82) is 0 Å². The summed E-state index contributed by atoms with van der Waals surface area (Å²) < 4.78 is 5.16. The van der Waals surface area contributed by atoms with E-state index in [0.717, 1.165) is 12.2 Å². The van der Waals surface area contributed by atoms with Gasteiger partial charge >= 0.3 is 0 Å². The Bertz CT molecular complexity index is 379. The number of carbonyl (C=O) groups excluding carboxylic acids is 1. The summed E-state index contributed by atoms with van der Waals surface area (Å²) in [6.45, 7) is 8.03. The van der Waals surface area contributed by atoms with Crippen molar-refractivity contribution >= 4 is 11.7 Å². The monoisotopic (exact) mass is 239 g/mol. The average Bonchev–Trinajstić information content (AvgIpc) is 2.66. The van der Waals surface area contributed by atoms with Gasteiger partial charge < -0.3 is 15.6 Å². The lowest BCUT2D eigenvalue weighted by Gasteiger charge is -2.12. The number of rotatable bonds is 4. The molecule has 1 atom stereocenters. The molecule has 1 amide bonds. The fourth-order valence-electron chi connectivity index (χ4n) is 1.35. The molecule has 1 aromatic rings. The zero-order valence-corrected chi connectivity index (χ0v) is 10.9. The maximum Gasteiger partial charge on any atom is 0.242 e. The van der Waals surface area contributed by atoms with Crippen LogP contribution in [0.2, 0.25) is 0 Å². The van der Waals surface area contributed by atoms with E-state index in [2.05, 4.69) is 10.5 Å². The fraction of sp³-hybridized carbons (Fsp3) is 0.667. The van der Waals surface area contributed by atoms with E-state index in [1.54, 1.807) is 6.07 Å². The molecule has 0 saturated heterocycles. The molecule has 5 heteroatoms. The summed E-state index contributed by atoms with van der Waals surface area (Å²) in [7, 11) is 0. The number of aromatic nitrogens is 1. The highest BCUT2D eigenvalue weighted by atomic mass is 16.5. The van der Waals surface area contributed by atoms with Crippen LogP contribution in [0.15, 0.2) is 10.6 Å². The summed E-state index contributed by atoms with van der Waals surface area (Å²) >= 11 is 0. The Morgan fingerprint density at radius 3 is 2.71 bits per heavy atom. The van der Waals surface area contributed by atoms with Crippen molar-refractivity contribution in [1.82, 2.24) is 5.16 Å². The molecule has 0 aliphatic heterocycles. The molecule has 17 heavy (non-hydrogen) atoms. The smallest absolute Gasteiger partial charge is 0.242 e. The Balaban J connectivity index is 2.64. The largest absolute Gasteiger partial charge is 0.359 e. The van der Waals surface area contributed by atoms with Gasteiger partial charge in [0.2, 0.25) is 5.91 Å². The third-order valence-electron chi connectivity index (χ3n) is 2.44. The highest BCUT2D eigenvalue weighted by Crippen LogP contribution is 2.24. The first-order valence-corrected chi connectivity index (χ1v) is 5.88. The Labute approximate surface area is 102 Å². The van der Waals surface area contributed by atoms with Gasteiger partial charge in [0.1, 0.15) is 5.76 Å². The fourth-order valence-corrected chi connectivity index (χ4v) is 1.35. The molecule has 96 valence electrons. The van der Waals surface area contributed by atoms with Crippen LogP contribution in [0.3, 0.4) is 0 Å². The van der Waals surface area contributed by atoms with Crippen LogP contribution < -0.4 is 11.1 Å². The number of anilines is 1. The van der Waals surface area contributed by atoms with E-state index in [4.69, 9.17) is 10.3 Å². The van der Waals surface area contributed by atoms with Crippen LogP contribution in [0.25, 0.3) is 0 Å². The summed E-state index contributed by atoms with van der Waals surface area (Å²) in [4.78, 5) is 11.6. The minimum atomic E-state index is -0.491. The Morgan fingerprint density at radius 2 is 2.24 bits per heavy atom. The summed E-state index contributed by atoms with van der Waals surface area (Å²) in [6, 6.07) is 1.24. The van der Waals surface area contributed by atoms with Gasteiger partial charge in [0.05, 0.1) is 6.04 Å². The molecule has 0 aliphatic carbocycles. The molecule has 1 unspecified atom stereocenters. The minimum absolute atomic E-state index is 0.123. The van der Waals surface area contributed by atoms with E-state index in [1.165, 1.54) is 0 Å². The van der Waals surface area contributed by atoms with E-state index in [9.17, 15) is 4.79 Å². The Hall–Kier alpha value is -1.36. The van der Waals surface area contributed by atoms with Gasteiger partial charge in [-0.3, -0.25) is 4.79 Å². The van der Waals surface area contributed by atoms with Crippen molar-refractivity contribution in [2.75, 3.05) is 5.32 Å². The maximum atomic E-state index is 11.6. The lowest BCUT2D eigenvalue weighted by atomic mass is 9.93. The first kappa shape index (κ1) is 13.7. The molecular formula is C12H21N3O2. The van der Waals surface area contributed by atoms with Gasteiger partial charge in [0.15, 0.2) is 5.82 Å². The predicted octanol–water partition coefficient (Wildman–Crippen LogP) is 2.04. The molecule has 1 heterocycles. The van der Waals surface area contributed by atoms with Crippen LogP contribution in [0.5, 0.6) is 0 Å². The van der Waals surface area contributed by atoms with Gasteiger partial charge in [0.25, 0.3) is 0 Å². The predicted molar refractivity (Wildman–Crippen MR) is 66.7 cm³/mol. The molecule has 3 N–H and O–H groups in total. The molecule has 0 aliphatic rings. The third-order valence-corrected chi connectivity index (χ3v) is 2.44. The topological polar surface area (TPSA) is 81.2 Å². The Morgan fingerprint density at radius 1 is 1.59 bits per heavy atom. The number of nitrogens with two attached hydrogens (primary N) is 1. The third kappa shape index (κ3) is 3.85. The van der Waals surface area contributed by atoms with Crippen LogP contribution in [0.1, 0.15) is 46.3 Å². The standard InChI is InChI=1S/C12H21N3O2/c1-5-6-8(13)11(16)14-10-7-9(17-15-10)12(2,3)4/h7-8H,5-6,13H2,1-4H3,(H,14,15,16). The molecular weight excluding hydrogens is 218 g/mol. The highest BCUT2D eigenvalue weighted by molar-refractivity contribution is 5.93. The second kappa shape index (κ2) is 5.31. The summed E-state index contributed by atoms with van der Waals surface area (Å²) in [5, 5.41) is 6.45. The second-order valence-corrected chi connectivity index (χ2v) is 5.21. The van der Waals surface area contributed by atoms with Gasteiger partial charge in [-0.15, -0.1) is 0 Å². The van der Waals surface area contributed by atoms with Crippen molar-refractivity contribution < 1.29 is 9.32 Å².